The highest BCUT2D eigenvalue weighted by Crippen LogP contribution is 1.86. The zero-order valence-corrected chi connectivity index (χ0v) is 18.0. The second kappa shape index (κ2) is 17.6. The van der Waals surface area contributed by atoms with Gasteiger partial charge < -0.3 is 24.8 Å². The van der Waals surface area contributed by atoms with E-state index in [4.69, 9.17) is 14.2 Å². The lowest BCUT2D eigenvalue weighted by atomic mass is 10.4. The average molecular weight is 481 g/mol. The highest BCUT2D eigenvalue weighted by atomic mass is 127. The molecular formula is C14H32IN3O5S. The zero-order chi connectivity index (χ0) is 17.4. The largest absolute Gasteiger partial charge is 0.382 e. The van der Waals surface area contributed by atoms with E-state index in [1.165, 1.54) is 6.26 Å². The smallest absolute Gasteiger partial charge is 0.191 e. The van der Waals surface area contributed by atoms with Crippen molar-refractivity contribution >= 4 is 39.8 Å². The molecule has 146 valence electrons. The predicted octanol–water partition coefficient (Wildman–Crippen LogP) is 0.274. The standard InChI is InChI=1S/C14H31N3O5S.HI/c1-4-15-14(16-6-5-8-21-11-10-20-2)17-7-9-22-12-13-23(3,18)19;/h4-13H2,1-3H3,(H2,15,16,17);1H. The molecule has 0 aromatic heterocycles. The first kappa shape index (κ1) is 26.1. The van der Waals surface area contributed by atoms with Gasteiger partial charge in [0.05, 0.1) is 32.2 Å². The van der Waals surface area contributed by atoms with Crippen molar-refractivity contribution in [3.63, 3.8) is 0 Å². The van der Waals surface area contributed by atoms with Crippen LogP contribution in [-0.2, 0) is 24.0 Å². The van der Waals surface area contributed by atoms with Gasteiger partial charge in [0.15, 0.2) is 5.96 Å². The molecule has 0 bridgehead atoms. The Labute approximate surface area is 163 Å². The number of halogens is 1. The Morgan fingerprint density at radius 2 is 1.75 bits per heavy atom. The first-order chi connectivity index (χ1) is 11.0. The highest BCUT2D eigenvalue weighted by molar-refractivity contribution is 14.0. The van der Waals surface area contributed by atoms with Crippen LogP contribution in [0.3, 0.4) is 0 Å². The number of methoxy groups -OCH3 is 1. The first-order valence-electron chi connectivity index (χ1n) is 7.84. The van der Waals surface area contributed by atoms with Gasteiger partial charge >= 0.3 is 0 Å². The molecule has 0 heterocycles. The van der Waals surface area contributed by atoms with E-state index in [0.717, 1.165) is 18.9 Å². The molecule has 0 spiro atoms. The van der Waals surface area contributed by atoms with Crippen LogP contribution in [0, 0.1) is 0 Å². The van der Waals surface area contributed by atoms with Gasteiger partial charge in [0.2, 0.25) is 0 Å². The lowest BCUT2D eigenvalue weighted by Crippen LogP contribution is -2.39. The quantitative estimate of drug-likeness (QED) is 0.159. The van der Waals surface area contributed by atoms with E-state index in [1.807, 2.05) is 6.92 Å². The molecule has 0 aliphatic heterocycles. The Balaban J connectivity index is 0. The Hall–Kier alpha value is -0.170. The van der Waals surface area contributed by atoms with Gasteiger partial charge in [0.1, 0.15) is 9.84 Å². The minimum absolute atomic E-state index is 0. The number of nitrogens with zero attached hydrogens (tertiary/aromatic N) is 1. The first-order valence-corrected chi connectivity index (χ1v) is 9.90. The average Bonchev–Trinajstić information content (AvgIpc) is 2.48. The monoisotopic (exact) mass is 481 g/mol. The number of nitrogens with one attached hydrogen (secondary N) is 2. The van der Waals surface area contributed by atoms with E-state index < -0.39 is 9.84 Å². The third-order valence-electron chi connectivity index (χ3n) is 2.63. The Morgan fingerprint density at radius 3 is 2.38 bits per heavy atom. The summed E-state index contributed by atoms with van der Waals surface area (Å²) in [6.07, 6.45) is 2.04. The Morgan fingerprint density at radius 1 is 1.04 bits per heavy atom. The van der Waals surface area contributed by atoms with Crippen LogP contribution in [0.15, 0.2) is 4.99 Å². The summed E-state index contributed by atoms with van der Waals surface area (Å²) in [5.74, 6) is 0.764. The van der Waals surface area contributed by atoms with E-state index in [2.05, 4.69) is 15.6 Å². The SMILES string of the molecule is CCNC(=NCCCOCCOC)NCCOCCS(C)(=O)=O.I. The van der Waals surface area contributed by atoms with Crippen molar-refractivity contribution in [1.29, 1.82) is 0 Å². The summed E-state index contributed by atoms with van der Waals surface area (Å²) in [5.41, 5.74) is 0. The molecule has 0 saturated heterocycles. The molecule has 0 fully saturated rings. The van der Waals surface area contributed by atoms with Crippen LogP contribution in [-0.4, -0.2) is 86.2 Å². The van der Waals surface area contributed by atoms with Crippen molar-refractivity contribution < 1.29 is 22.6 Å². The summed E-state index contributed by atoms with van der Waals surface area (Å²) in [4.78, 5) is 4.42. The molecule has 24 heavy (non-hydrogen) atoms. The summed E-state index contributed by atoms with van der Waals surface area (Å²) >= 11 is 0. The van der Waals surface area contributed by atoms with Crippen molar-refractivity contribution in [2.75, 3.05) is 71.8 Å². The third kappa shape index (κ3) is 19.9. The number of hydrogen-bond donors (Lipinski definition) is 2. The summed E-state index contributed by atoms with van der Waals surface area (Å²) < 4.78 is 37.4. The van der Waals surface area contributed by atoms with Gasteiger partial charge in [-0.2, -0.15) is 0 Å². The number of rotatable bonds is 14. The van der Waals surface area contributed by atoms with Gasteiger partial charge in [-0.25, -0.2) is 8.42 Å². The van der Waals surface area contributed by atoms with Gasteiger partial charge in [-0.3, -0.25) is 4.99 Å². The van der Waals surface area contributed by atoms with Crippen LogP contribution < -0.4 is 10.6 Å². The Kier molecular flexibility index (Phi) is 19.2. The van der Waals surface area contributed by atoms with Gasteiger partial charge in [0, 0.05) is 39.6 Å². The molecule has 0 rings (SSSR count). The minimum atomic E-state index is -2.96. The second-order valence-electron chi connectivity index (χ2n) is 4.89. The van der Waals surface area contributed by atoms with Crippen LogP contribution in [0.2, 0.25) is 0 Å². The van der Waals surface area contributed by atoms with Gasteiger partial charge in [-0.1, -0.05) is 0 Å². The van der Waals surface area contributed by atoms with Crippen molar-refractivity contribution in [2.45, 2.75) is 13.3 Å². The fourth-order valence-corrected chi connectivity index (χ4v) is 1.92. The van der Waals surface area contributed by atoms with Crippen LogP contribution >= 0.6 is 24.0 Å². The van der Waals surface area contributed by atoms with Crippen LogP contribution in [0.1, 0.15) is 13.3 Å². The lowest BCUT2D eigenvalue weighted by molar-refractivity contribution is 0.0702. The van der Waals surface area contributed by atoms with E-state index in [0.29, 0.717) is 39.5 Å². The predicted molar refractivity (Wildman–Crippen MR) is 107 cm³/mol. The van der Waals surface area contributed by atoms with Crippen molar-refractivity contribution in [3.8, 4) is 0 Å². The number of sulfone groups is 1. The maximum absolute atomic E-state index is 10.9. The molecule has 8 nitrogen and oxygen atoms in total. The summed E-state index contributed by atoms with van der Waals surface area (Å²) in [7, 11) is -1.32. The van der Waals surface area contributed by atoms with E-state index in [-0.39, 0.29) is 36.3 Å². The fraction of sp³-hybridized carbons (Fsp3) is 0.929. The molecule has 0 amide bonds. The molecule has 0 aliphatic rings. The molecule has 0 aromatic carbocycles. The van der Waals surface area contributed by atoms with Gasteiger partial charge in [-0.15, -0.1) is 24.0 Å². The number of hydrogen-bond acceptors (Lipinski definition) is 6. The minimum Gasteiger partial charge on any atom is -0.382 e. The number of ether oxygens (including phenoxy) is 3. The van der Waals surface area contributed by atoms with Crippen molar-refractivity contribution in [1.82, 2.24) is 10.6 Å². The molecule has 0 atom stereocenters. The molecule has 0 aromatic rings. The second-order valence-corrected chi connectivity index (χ2v) is 7.15. The maximum atomic E-state index is 10.9. The molecule has 2 N–H and O–H groups in total. The van der Waals surface area contributed by atoms with E-state index >= 15 is 0 Å². The fourth-order valence-electron chi connectivity index (χ4n) is 1.50. The zero-order valence-electron chi connectivity index (χ0n) is 14.9. The van der Waals surface area contributed by atoms with Crippen LogP contribution in [0.25, 0.3) is 0 Å². The molecule has 10 heteroatoms. The lowest BCUT2D eigenvalue weighted by Gasteiger charge is -2.11. The summed E-state index contributed by atoms with van der Waals surface area (Å²) in [6, 6.07) is 0. The maximum Gasteiger partial charge on any atom is 0.191 e. The molecule has 0 saturated carbocycles. The van der Waals surface area contributed by atoms with Crippen LogP contribution in [0.4, 0.5) is 0 Å². The molecule has 0 unspecified atom stereocenters. The normalized spacial score (nSPS) is 11.9. The molecule has 0 radical (unpaired) electrons. The number of guanidine groups is 1. The van der Waals surface area contributed by atoms with E-state index in [9.17, 15) is 8.42 Å². The molecule has 0 aliphatic carbocycles. The van der Waals surface area contributed by atoms with Gasteiger partial charge in [-0.05, 0) is 13.3 Å². The topological polar surface area (TPSA) is 98.2 Å². The summed E-state index contributed by atoms with van der Waals surface area (Å²) in [6.45, 7) is 6.50. The number of aliphatic imine (C=N–C) groups is 1. The summed E-state index contributed by atoms with van der Waals surface area (Å²) in [5, 5.41) is 6.27. The van der Waals surface area contributed by atoms with Crippen molar-refractivity contribution in [3.05, 3.63) is 0 Å². The van der Waals surface area contributed by atoms with Crippen LogP contribution in [0.5, 0.6) is 0 Å². The highest BCUT2D eigenvalue weighted by Gasteiger charge is 2.01. The molecular weight excluding hydrogens is 449 g/mol. The third-order valence-corrected chi connectivity index (χ3v) is 3.54. The Bertz CT molecular complexity index is 407. The van der Waals surface area contributed by atoms with Gasteiger partial charge in [0.25, 0.3) is 0 Å². The van der Waals surface area contributed by atoms with Crippen molar-refractivity contribution in [2.24, 2.45) is 4.99 Å². The van der Waals surface area contributed by atoms with E-state index in [1.54, 1.807) is 7.11 Å².